The fraction of sp³-hybridized carbons (Fsp3) is 0.412. The van der Waals surface area contributed by atoms with Crippen LogP contribution in [0.3, 0.4) is 0 Å². The lowest BCUT2D eigenvalue weighted by atomic mass is 10.1. The minimum atomic E-state index is -0.596. The Labute approximate surface area is 138 Å². The molecule has 1 amide bonds. The Kier molecular flexibility index (Phi) is 5.71. The number of hydrogen-bond acceptors (Lipinski definition) is 4. The molecule has 124 valence electrons. The van der Waals surface area contributed by atoms with E-state index in [2.05, 4.69) is 5.32 Å². The van der Waals surface area contributed by atoms with Crippen molar-refractivity contribution >= 4 is 33.3 Å². The first-order valence-corrected chi connectivity index (χ1v) is 8.39. The number of benzene rings is 1. The van der Waals surface area contributed by atoms with Crippen LogP contribution < -0.4 is 5.32 Å². The first-order chi connectivity index (χ1) is 10.9. The molecule has 0 radical (unpaired) electrons. The number of amides is 1. The van der Waals surface area contributed by atoms with Crippen molar-refractivity contribution in [3.8, 4) is 0 Å². The lowest BCUT2D eigenvalue weighted by molar-refractivity contribution is -0.124. The topological polar surface area (TPSA) is 55.4 Å². The third kappa shape index (κ3) is 4.07. The van der Waals surface area contributed by atoms with Gasteiger partial charge in [0.1, 0.15) is 10.7 Å². The minimum Gasteiger partial charge on any atom is -0.451 e. The number of rotatable bonds is 6. The zero-order chi connectivity index (χ0) is 17.0. The molecule has 1 aromatic heterocycles. The second kappa shape index (κ2) is 7.55. The van der Waals surface area contributed by atoms with Gasteiger partial charge in [-0.3, -0.25) is 4.79 Å². The lowest BCUT2D eigenvalue weighted by Crippen LogP contribution is -2.35. The molecule has 0 unspecified atom stereocenters. The number of ether oxygens (including phenoxy) is 1. The van der Waals surface area contributed by atoms with Crippen LogP contribution in [0.4, 0.5) is 4.39 Å². The maximum Gasteiger partial charge on any atom is 0.349 e. The van der Waals surface area contributed by atoms with E-state index in [0.29, 0.717) is 20.5 Å². The van der Waals surface area contributed by atoms with Gasteiger partial charge in [0.05, 0.1) is 0 Å². The fourth-order valence-corrected chi connectivity index (χ4v) is 3.58. The van der Waals surface area contributed by atoms with E-state index in [1.54, 1.807) is 19.1 Å². The molecule has 0 spiro atoms. The van der Waals surface area contributed by atoms with Gasteiger partial charge in [-0.15, -0.1) is 11.3 Å². The van der Waals surface area contributed by atoms with E-state index in [-0.39, 0.29) is 24.4 Å². The van der Waals surface area contributed by atoms with Gasteiger partial charge in [-0.25, -0.2) is 9.18 Å². The Bertz CT molecular complexity index is 726. The molecule has 0 bridgehead atoms. The van der Waals surface area contributed by atoms with Crippen LogP contribution in [0.25, 0.3) is 10.1 Å². The smallest absolute Gasteiger partial charge is 0.349 e. The van der Waals surface area contributed by atoms with Crippen LogP contribution in [0.1, 0.15) is 41.9 Å². The molecular formula is C17H20FNO3S. The van der Waals surface area contributed by atoms with Gasteiger partial charge in [0, 0.05) is 16.1 Å². The molecule has 0 aliphatic carbocycles. The number of aryl methyl sites for hydroxylation is 1. The van der Waals surface area contributed by atoms with Crippen molar-refractivity contribution < 1.29 is 18.7 Å². The highest BCUT2D eigenvalue weighted by atomic mass is 32.1. The minimum absolute atomic E-state index is 0.0476. The molecule has 0 fully saturated rings. The van der Waals surface area contributed by atoms with Crippen molar-refractivity contribution in [2.45, 2.75) is 39.7 Å². The third-order valence-electron chi connectivity index (χ3n) is 3.55. The Morgan fingerprint density at radius 2 is 2.13 bits per heavy atom. The number of carbonyl (C=O) groups is 2. The number of thiophene rings is 1. The quantitative estimate of drug-likeness (QED) is 0.816. The van der Waals surface area contributed by atoms with Crippen molar-refractivity contribution in [1.29, 1.82) is 0 Å². The second-order valence-electron chi connectivity index (χ2n) is 5.50. The van der Waals surface area contributed by atoms with E-state index in [1.807, 2.05) is 13.8 Å². The maximum absolute atomic E-state index is 13.8. The van der Waals surface area contributed by atoms with Crippen molar-refractivity contribution in [1.82, 2.24) is 5.32 Å². The SMILES string of the molecule is CCC[C@@H](C)NC(=O)COC(=O)c1sc2cccc(F)c2c1C. The summed E-state index contributed by atoms with van der Waals surface area (Å²) in [5.74, 6) is -1.29. The average Bonchev–Trinajstić information content (AvgIpc) is 2.83. The highest BCUT2D eigenvalue weighted by Crippen LogP contribution is 2.32. The van der Waals surface area contributed by atoms with Crippen LogP contribution in [0.2, 0.25) is 0 Å². The van der Waals surface area contributed by atoms with Crippen LogP contribution in [0, 0.1) is 12.7 Å². The van der Waals surface area contributed by atoms with Crippen LogP contribution in [-0.4, -0.2) is 24.5 Å². The van der Waals surface area contributed by atoms with Crippen molar-refractivity contribution in [2.24, 2.45) is 0 Å². The molecule has 1 N–H and O–H groups in total. The van der Waals surface area contributed by atoms with Crippen LogP contribution in [0.5, 0.6) is 0 Å². The number of carbonyl (C=O) groups excluding carboxylic acids is 2. The molecule has 1 heterocycles. The average molecular weight is 337 g/mol. The number of halogens is 1. The van der Waals surface area contributed by atoms with Gasteiger partial charge in [0.15, 0.2) is 6.61 Å². The highest BCUT2D eigenvalue weighted by molar-refractivity contribution is 7.21. The summed E-state index contributed by atoms with van der Waals surface area (Å²) in [7, 11) is 0. The summed E-state index contributed by atoms with van der Waals surface area (Å²) in [4.78, 5) is 24.2. The normalized spacial score (nSPS) is 12.2. The summed E-state index contributed by atoms with van der Waals surface area (Å²) in [5.41, 5.74) is 0.549. The van der Waals surface area contributed by atoms with Gasteiger partial charge in [0.25, 0.3) is 5.91 Å². The van der Waals surface area contributed by atoms with Crippen molar-refractivity contribution in [3.63, 3.8) is 0 Å². The molecule has 2 rings (SSSR count). The molecule has 0 aliphatic heterocycles. The summed E-state index contributed by atoms with van der Waals surface area (Å²) in [6.07, 6.45) is 1.84. The Hall–Kier alpha value is -1.95. The summed E-state index contributed by atoms with van der Waals surface area (Å²) in [6, 6.07) is 4.77. The van der Waals surface area contributed by atoms with Crippen LogP contribution in [-0.2, 0) is 9.53 Å². The molecular weight excluding hydrogens is 317 g/mol. The Morgan fingerprint density at radius 3 is 2.78 bits per heavy atom. The molecule has 6 heteroatoms. The highest BCUT2D eigenvalue weighted by Gasteiger charge is 2.20. The third-order valence-corrected chi connectivity index (χ3v) is 4.79. The lowest BCUT2D eigenvalue weighted by Gasteiger charge is -2.12. The summed E-state index contributed by atoms with van der Waals surface area (Å²) in [6.45, 7) is 5.29. The number of esters is 1. The van der Waals surface area contributed by atoms with E-state index in [4.69, 9.17) is 4.74 Å². The predicted molar refractivity (Wildman–Crippen MR) is 89.3 cm³/mol. The standard InChI is InChI=1S/C17H20FNO3S/c1-4-6-10(2)19-14(20)9-22-17(21)16-11(3)15-12(18)7-5-8-13(15)23-16/h5,7-8,10H,4,6,9H2,1-3H3,(H,19,20)/t10-/m1/s1. The van der Waals surface area contributed by atoms with E-state index in [0.717, 1.165) is 12.8 Å². The monoisotopic (exact) mass is 337 g/mol. The van der Waals surface area contributed by atoms with Crippen LogP contribution >= 0.6 is 11.3 Å². The largest absolute Gasteiger partial charge is 0.451 e. The molecule has 4 nitrogen and oxygen atoms in total. The maximum atomic E-state index is 13.8. The summed E-state index contributed by atoms with van der Waals surface area (Å²) < 4.78 is 19.6. The summed E-state index contributed by atoms with van der Waals surface area (Å²) >= 11 is 1.17. The van der Waals surface area contributed by atoms with Gasteiger partial charge in [0.2, 0.25) is 0 Å². The first kappa shape index (κ1) is 17.4. The van der Waals surface area contributed by atoms with Gasteiger partial charge < -0.3 is 10.1 Å². The molecule has 0 saturated heterocycles. The van der Waals surface area contributed by atoms with Gasteiger partial charge >= 0.3 is 5.97 Å². The zero-order valence-electron chi connectivity index (χ0n) is 13.4. The van der Waals surface area contributed by atoms with Crippen LogP contribution in [0.15, 0.2) is 18.2 Å². The van der Waals surface area contributed by atoms with E-state index in [9.17, 15) is 14.0 Å². The van der Waals surface area contributed by atoms with E-state index < -0.39 is 5.97 Å². The van der Waals surface area contributed by atoms with Crippen molar-refractivity contribution in [3.05, 3.63) is 34.5 Å². The molecule has 0 aliphatic rings. The molecule has 1 aromatic carbocycles. The second-order valence-corrected chi connectivity index (χ2v) is 6.55. The molecule has 0 saturated carbocycles. The van der Waals surface area contributed by atoms with Gasteiger partial charge in [-0.05, 0) is 38.0 Å². The Morgan fingerprint density at radius 1 is 1.39 bits per heavy atom. The van der Waals surface area contributed by atoms with Gasteiger partial charge in [-0.1, -0.05) is 19.4 Å². The summed E-state index contributed by atoms with van der Waals surface area (Å²) in [5, 5.41) is 3.20. The molecule has 2 aromatic rings. The number of hydrogen-bond donors (Lipinski definition) is 1. The molecule has 23 heavy (non-hydrogen) atoms. The van der Waals surface area contributed by atoms with Gasteiger partial charge in [-0.2, -0.15) is 0 Å². The first-order valence-electron chi connectivity index (χ1n) is 7.58. The Balaban J connectivity index is 2.03. The number of fused-ring (bicyclic) bond motifs is 1. The van der Waals surface area contributed by atoms with E-state index in [1.165, 1.54) is 17.4 Å². The predicted octanol–water partition coefficient (Wildman–Crippen LogP) is 3.81. The molecule has 1 atom stereocenters. The zero-order valence-corrected chi connectivity index (χ0v) is 14.3. The van der Waals surface area contributed by atoms with E-state index >= 15 is 0 Å². The number of nitrogens with one attached hydrogen (secondary N) is 1. The fourth-order valence-electron chi connectivity index (χ4n) is 2.47. The van der Waals surface area contributed by atoms with Crippen molar-refractivity contribution in [2.75, 3.05) is 6.61 Å².